The summed E-state index contributed by atoms with van der Waals surface area (Å²) in [6.45, 7) is 4.82. The quantitative estimate of drug-likeness (QED) is 0.541. The third-order valence-electron chi connectivity index (χ3n) is 5.98. The van der Waals surface area contributed by atoms with E-state index in [0.717, 1.165) is 34.5 Å². The second-order valence-corrected chi connectivity index (χ2v) is 11.0. The molecule has 2 atom stereocenters. The second kappa shape index (κ2) is 4.36. The van der Waals surface area contributed by atoms with Crippen molar-refractivity contribution >= 4 is 44.7 Å². The van der Waals surface area contributed by atoms with Crippen molar-refractivity contribution in [1.82, 2.24) is 0 Å². The molecule has 0 amide bonds. The maximum absolute atomic E-state index is 13.3. The van der Waals surface area contributed by atoms with Gasteiger partial charge >= 0.3 is 0 Å². The zero-order valence-electron chi connectivity index (χ0n) is 12.5. The van der Waals surface area contributed by atoms with Gasteiger partial charge in [0.05, 0.1) is 4.88 Å². The van der Waals surface area contributed by atoms with E-state index in [1.54, 1.807) is 0 Å². The molecule has 5 rings (SSSR count). The lowest BCUT2D eigenvalue weighted by Gasteiger charge is -2.64. The Hall–Kier alpha value is 0.140. The number of rotatable bonds is 2. The minimum absolute atomic E-state index is 0.115. The largest absolute Gasteiger partial charge is 0.293 e. The summed E-state index contributed by atoms with van der Waals surface area (Å²) in [5, 5.41) is 0. The molecule has 1 aromatic heterocycles. The molecule has 1 nitrogen and oxygen atoms in total. The first-order valence-corrected chi connectivity index (χ1v) is 9.71. The molecule has 1 aromatic rings. The van der Waals surface area contributed by atoms with Gasteiger partial charge in [-0.2, -0.15) is 0 Å². The van der Waals surface area contributed by atoms with Crippen molar-refractivity contribution in [3.8, 4) is 0 Å². The van der Waals surface area contributed by atoms with Gasteiger partial charge in [-0.25, -0.2) is 0 Å². The zero-order valence-corrected chi connectivity index (χ0v) is 15.6. The van der Waals surface area contributed by atoms with Crippen molar-refractivity contribution in [1.29, 1.82) is 0 Å². The first-order valence-electron chi connectivity index (χ1n) is 7.72. The average molecular weight is 388 g/mol. The van der Waals surface area contributed by atoms with Crippen LogP contribution in [0.4, 0.5) is 0 Å². The topological polar surface area (TPSA) is 17.1 Å². The van der Waals surface area contributed by atoms with Crippen molar-refractivity contribution in [2.45, 2.75) is 52.4 Å². The van der Waals surface area contributed by atoms with E-state index in [4.69, 9.17) is 11.6 Å². The average Bonchev–Trinajstić information content (AvgIpc) is 2.64. The van der Waals surface area contributed by atoms with E-state index < -0.39 is 0 Å². The van der Waals surface area contributed by atoms with Gasteiger partial charge in [-0.05, 0) is 77.3 Å². The Morgan fingerprint density at radius 1 is 1.24 bits per heavy atom. The Kier molecular flexibility index (Phi) is 3.05. The maximum Gasteiger partial charge on any atom is 0.179 e. The van der Waals surface area contributed by atoms with Gasteiger partial charge in [0, 0.05) is 9.89 Å². The maximum atomic E-state index is 13.3. The van der Waals surface area contributed by atoms with Crippen LogP contribution >= 0.6 is 38.9 Å². The summed E-state index contributed by atoms with van der Waals surface area (Å²) in [6, 6.07) is 1.93. The second-order valence-electron chi connectivity index (χ2n) is 8.47. The van der Waals surface area contributed by atoms with Crippen molar-refractivity contribution in [3.63, 3.8) is 0 Å². The molecule has 4 saturated carbocycles. The fraction of sp³-hybridized carbons (Fsp3) is 0.706. The Morgan fingerprint density at radius 2 is 1.86 bits per heavy atom. The molecule has 4 fully saturated rings. The Balaban J connectivity index is 1.75. The summed E-state index contributed by atoms with van der Waals surface area (Å²) in [5.41, 5.74) is 0.640. The van der Waals surface area contributed by atoms with E-state index in [1.165, 1.54) is 30.6 Å². The molecular weight excluding hydrogens is 368 g/mol. The number of halogens is 2. The van der Waals surface area contributed by atoms with Crippen LogP contribution in [0.2, 0.25) is 4.34 Å². The van der Waals surface area contributed by atoms with Gasteiger partial charge in [0.2, 0.25) is 0 Å². The summed E-state index contributed by atoms with van der Waals surface area (Å²) < 4.78 is 1.56. The molecule has 0 aromatic carbocycles. The minimum Gasteiger partial charge on any atom is -0.293 e. The van der Waals surface area contributed by atoms with Crippen LogP contribution in [-0.2, 0) is 0 Å². The highest BCUT2D eigenvalue weighted by Gasteiger charge is 2.62. The van der Waals surface area contributed by atoms with Crippen molar-refractivity contribution in [2.24, 2.45) is 22.2 Å². The van der Waals surface area contributed by atoms with E-state index in [1.807, 2.05) is 6.07 Å². The molecule has 114 valence electrons. The summed E-state index contributed by atoms with van der Waals surface area (Å²) in [5.74, 6) is 1.11. The van der Waals surface area contributed by atoms with Crippen molar-refractivity contribution < 1.29 is 4.79 Å². The van der Waals surface area contributed by atoms with Crippen LogP contribution in [0.15, 0.2) is 10.5 Å². The van der Waals surface area contributed by atoms with E-state index in [9.17, 15) is 4.79 Å². The molecule has 0 saturated heterocycles. The number of hydrogen-bond acceptors (Lipinski definition) is 2. The molecule has 1 heterocycles. The van der Waals surface area contributed by atoms with Crippen LogP contribution in [0, 0.1) is 22.2 Å². The zero-order chi connectivity index (χ0) is 15.0. The number of thiophene rings is 1. The predicted octanol–water partition coefficient (Wildman–Crippen LogP) is 6.34. The van der Waals surface area contributed by atoms with Crippen LogP contribution in [0.25, 0.3) is 0 Å². The molecule has 0 aliphatic heterocycles. The van der Waals surface area contributed by atoms with E-state index >= 15 is 0 Å². The van der Waals surface area contributed by atoms with Gasteiger partial charge in [-0.1, -0.05) is 25.4 Å². The fourth-order valence-corrected chi connectivity index (χ4v) is 8.18. The highest BCUT2D eigenvalue weighted by atomic mass is 79.9. The Bertz CT molecular complexity index is 599. The molecular formula is C17H20BrClOS. The van der Waals surface area contributed by atoms with Crippen molar-refractivity contribution in [2.75, 3.05) is 0 Å². The third kappa shape index (κ3) is 2.18. The fourth-order valence-electron chi connectivity index (χ4n) is 6.42. The van der Waals surface area contributed by atoms with Crippen LogP contribution in [-0.4, -0.2) is 5.78 Å². The number of carbonyl (C=O) groups excluding carboxylic acids is 1. The molecule has 0 spiro atoms. The first-order chi connectivity index (χ1) is 9.73. The van der Waals surface area contributed by atoms with E-state index in [0.29, 0.717) is 20.9 Å². The van der Waals surface area contributed by atoms with Crippen LogP contribution in [0.1, 0.15) is 62.0 Å². The Morgan fingerprint density at radius 3 is 2.33 bits per heavy atom. The molecule has 4 bridgehead atoms. The standard InChI is InChI=1S/C17H20BrClOS/c1-15-4-10-5-16(2,7-15)9-17(6-10,8-15)13(20)12-3-11(18)14(19)21-12/h3,10H,4-9H2,1-2H3. The van der Waals surface area contributed by atoms with Gasteiger partial charge in [0.15, 0.2) is 5.78 Å². The number of hydrogen-bond donors (Lipinski definition) is 0. The van der Waals surface area contributed by atoms with Gasteiger partial charge in [0.1, 0.15) is 4.34 Å². The number of Topliss-reactive ketones (excluding diaryl/α,β-unsaturated/α-hetero) is 1. The molecule has 0 radical (unpaired) electrons. The molecule has 4 aliphatic carbocycles. The number of ketones is 1. The third-order valence-corrected chi connectivity index (χ3v) is 8.45. The van der Waals surface area contributed by atoms with E-state index in [-0.39, 0.29) is 5.41 Å². The molecule has 0 N–H and O–H groups in total. The van der Waals surface area contributed by atoms with Crippen LogP contribution < -0.4 is 0 Å². The highest BCUT2D eigenvalue weighted by molar-refractivity contribution is 9.10. The summed E-state index contributed by atoms with van der Waals surface area (Å²) in [6.07, 6.45) is 7.22. The first kappa shape index (κ1) is 14.7. The monoisotopic (exact) mass is 386 g/mol. The lowest BCUT2D eigenvalue weighted by molar-refractivity contribution is -0.125. The highest BCUT2D eigenvalue weighted by Crippen LogP contribution is 2.70. The predicted molar refractivity (Wildman–Crippen MR) is 91.2 cm³/mol. The number of carbonyl (C=O) groups is 1. The molecule has 2 unspecified atom stereocenters. The SMILES string of the molecule is CC12CC3CC(C)(C1)CC(C(=O)c1cc(Br)c(Cl)s1)(C3)C2. The van der Waals surface area contributed by atoms with Gasteiger partial charge in [0.25, 0.3) is 0 Å². The summed E-state index contributed by atoms with van der Waals surface area (Å²) in [4.78, 5) is 14.1. The summed E-state index contributed by atoms with van der Waals surface area (Å²) in [7, 11) is 0. The molecule has 4 heteroatoms. The lowest BCUT2D eigenvalue weighted by atomic mass is 9.39. The van der Waals surface area contributed by atoms with Gasteiger partial charge in [-0.3, -0.25) is 4.79 Å². The summed E-state index contributed by atoms with van der Waals surface area (Å²) >= 11 is 11.0. The van der Waals surface area contributed by atoms with Gasteiger partial charge < -0.3 is 0 Å². The normalized spacial score (nSPS) is 44.3. The minimum atomic E-state index is -0.115. The smallest absolute Gasteiger partial charge is 0.179 e. The van der Waals surface area contributed by atoms with Crippen LogP contribution in [0.3, 0.4) is 0 Å². The molecule has 21 heavy (non-hydrogen) atoms. The Labute approximate surface area is 143 Å². The lowest BCUT2D eigenvalue weighted by Crippen LogP contribution is -2.57. The van der Waals surface area contributed by atoms with E-state index in [2.05, 4.69) is 29.8 Å². The van der Waals surface area contributed by atoms with Gasteiger partial charge in [-0.15, -0.1) is 11.3 Å². The van der Waals surface area contributed by atoms with Crippen LogP contribution in [0.5, 0.6) is 0 Å². The molecule has 4 aliphatic rings. The van der Waals surface area contributed by atoms with Crippen molar-refractivity contribution in [3.05, 3.63) is 19.8 Å².